The molecule has 0 aromatic carbocycles. The van der Waals surface area contributed by atoms with Crippen LogP contribution >= 0.6 is 23.6 Å². The third-order valence-corrected chi connectivity index (χ3v) is 1.37. The van der Waals surface area contributed by atoms with Crippen molar-refractivity contribution in [2.24, 2.45) is 0 Å². The van der Waals surface area contributed by atoms with E-state index in [4.69, 9.17) is 28.8 Å². The summed E-state index contributed by atoms with van der Waals surface area (Å²) in [6, 6.07) is 0. The van der Waals surface area contributed by atoms with Gasteiger partial charge in [0.1, 0.15) is 0 Å². The minimum absolute atomic E-state index is 0. The van der Waals surface area contributed by atoms with E-state index in [0.717, 1.165) is 5.06 Å². The Morgan fingerprint density at radius 1 is 1.00 bits per heavy atom. The molecule has 56 valence electrons. The molecule has 1 saturated heterocycles. The average molecular weight is 212 g/mol. The van der Waals surface area contributed by atoms with Gasteiger partial charge in [0, 0.05) is 0 Å². The molecule has 0 aromatic heterocycles. The van der Waals surface area contributed by atoms with Gasteiger partial charge in [-0.3, -0.25) is 0 Å². The van der Waals surface area contributed by atoms with Crippen molar-refractivity contribution in [1.29, 1.82) is 0 Å². The van der Waals surface area contributed by atoms with Crippen molar-refractivity contribution < 1.29 is 5.21 Å². The maximum atomic E-state index is 8.83. The SMILES string of the molecule is ON1CN(Cl)CN(Cl)C1.[KH]. The van der Waals surface area contributed by atoms with Crippen LogP contribution in [-0.4, -0.2) is 90.5 Å². The van der Waals surface area contributed by atoms with Gasteiger partial charge in [-0.1, -0.05) is 0 Å². The van der Waals surface area contributed by atoms with Crippen LogP contribution in [0.2, 0.25) is 0 Å². The zero-order valence-corrected chi connectivity index (χ0v) is 6.18. The van der Waals surface area contributed by atoms with Crippen LogP contribution in [0.15, 0.2) is 0 Å². The van der Waals surface area contributed by atoms with Gasteiger partial charge in [-0.15, -0.1) is 0 Å². The summed E-state index contributed by atoms with van der Waals surface area (Å²) in [7, 11) is 0. The van der Waals surface area contributed by atoms with E-state index in [1.54, 1.807) is 0 Å². The number of halogens is 2. The topological polar surface area (TPSA) is 30.0 Å². The molecule has 0 unspecified atom stereocenters. The van der Waals surface area contributed by atoms with Gasteiger partial charge in [-0.2, -0.15) is 13.9 Å². The Labute approximate surface area is 112 Å². The van der Waals surface area contributed by atoms with Crippen molar-refractivity contribution in [2.45, 2.75) is 0 Å². The minimum atomic E-state index is 0. The van der Waals surface area contributed by atoms with Gasteiger partial charge in [-0.05, 0) is 23.6 Å². The average Bonchev–Trinajstić information content (AvgIpc) is 1.59. The fourth-order valence-electron chi connectivity index (χ4n) is 0.655. The number of nitrogens with zero attached hydrogens (tertiary/aromatic N) is 3. The van der Waals surface area contributed by atoms with E-state index in [9.17, 15) is 0 Å². The standard InChI is InChI=1S/C3H7Cl2N3O.K.H/c4-6-1-7(5)3-8(9)2-6;;/h9H,1-3H2;;. The second-order valence-corrected chi connectivity index (χ2v) is 2.81. The summed E-state index contributed by atoms with van der Waals surface area (Å²) in [5.74, 6) is 0. The van der Waals surface area contributed by atoms with E-state index in [2.05, 4.69) is 0 Å². The van der Waals surface area contributed by atoms with Crippen molar-refractivity contribution in [3.05, 3.63) is 0 Å². The zero-order chi connectivity index (χ0) is 6.85. The Hall–Kier alpha value is 2.06. The van der Waals surface area contributed by atoms with Gasteiger partial charge < -0.3 is 5.21 Å². The second-order valence-electron chi connectivity index (χ2n) is 1.86. The van der Waals surface area contributed by atoms with Crippen LogP contribution in [0.4, 0.5) is 0 Å². The molecule has 1 aliphatic heterocycles. The number of hydrogen-bond donors (Lipinski definition) is 1. The van der Waals surface area contributed by atoms with Crippen LogP contribution in [0.5, 0.6) is 0 Å². The maximum absolute atomic E-state index is 8.83. The molecule has 0 aliphatic carbocycles. The van der Waals surface area contributed by atoms with Crippen molar-refractivity contribution >= 4 is 74.9 Å². The first kappa shape index (κ1) is 12.1. The van der Waals surface area contributed by atoms with E-state index in [1.807, 2.05) is 0 Å². The fraction of sp³-hybridized carbons (Fsp3) is 1.00. The van der Waals surface area contributed by atoms with Crippen LogP contribution in [-0.2, 0) is 0 Å². The van der Waals surface area contributed by atoms with E-state index < -0.39 is 0 Å². The van der Waals surface area contributed by atoms with Crippen molar-refractivity contribution in [3.63, 3.8) is 0 Å². The molecule has 0 amide bonds. The van der Waals surface area contributed by atoms with Crippen molar-refractivity contribution in [1.82, 2.24) is 13.9 Å². The van der Waals surface area contributed by atoms with Gasteiger partial charge in [0.05, 0.1) is 20.0 Å². The predicted molar refractivity (Wildman–Crippen MR) is 40.8 cm³/mol. The normalized spacial score (nSPS) is 24.3. The van der Waals surface area contributed by atoms with E-state index in [1.165, 1.54) is 8.84 Å². The van der Waals surface area contributed by atoms with Crippen LogP contribution < -0.4 is 0 Å². The van der Waals surface area contributed by atoms with Crippen LogP contribution in [0.25, 0.3) is 0 Å². The first-order valence-corrected chi connectivity index (χ1v) is 3.11. The second kappa shape index (κ2) is 5.66. The molecule has 1 heterocycles. The van der Waals surface area contributed by atoms with Gasteiger partial charge in [0.25, 0.3) is 0 Å². The van der Waals surface area contributed by atoms with E-state index in [-0.39, 0.29) is 51.4 Å². The van der Waals surface area contributed by atoms with E-state index >= 15 is 0 Å². The molecule has 0 atom stereocenters. The Bertz CT molecular complexity index is 82.7. The van der Waals surface area contributed by atoms with Crippen molar-refractivity contribution in [3.8, 4) is 0 Å². The molecule has 0 bridgehead atoms. The summed E-state index contributed by atoms with van der Waals surface area (Å²) in [6.07, 6.45) is 0. The summed E-state index contributed by atoms with van der Waals surface area (Å²) in [5.41, 5.74) is 0. The molecular formula is C3H8Cl2KN3O. The van der Waals surface area contributed by atoms with Gasteiger partial charge in [-0.25, -0.2) is 0 Å². The van der Waals surface area contributed by atoms with Crippen LogP contribution in [0.1, 0.15) is 0 Å². The Morgan fingerprint density at radius 2 is 1.40 bits per heavy atom. The quantitative estimate of drug-likeness (QED) is 0.446. The first-order chi connectivity index (χ1) is 4.18. The van der Waals surface area contributed by atoms with Crippen molar-refractivity contribution in [2.75, 3.05) is 20.0 Å². The first-order valence-electron chi connectivity index (χ1n) is 2.44. The zero-order valence-electron chi connectivity index (χ0n) is 4.67. The third kappa shape index (κ3) is 4.17. The summed E-state index contributed by atoms with van der Waals surface area (Å²) >= 11 is 11.0. The molecule has 0 aromatic rings. The molecule has 1 rings (SSSR count). The summed E-state index contributed by atoms with van der Waals surface area (Å²) in [4.78, 5) is 0. The molecule has 7 heteroatoms. The van der Waals surface area contributed by atoms with Gasteiger partial charge in [0.2, 0.25) is 0 Å². The van der Waals surface area contributed by atoms with E-state index in [0.29, 0.717) is 20.0 Å². The molecular weight excluding hydrogens is 204 g/mol. The molecule has 0 radical (unpaired) electrons. The molecule has 4 nitrogen and oxygen atoms in total. The van der Waals surface area contributed by atoms with Gasteiger partial charge >= 0.3 is 51.4 Å². The predicted octanol–water partition coefficient (Wildman–Crippen LogP) is -0.173. The molecule has 0 saturated carbocycles. The van der Waals surface area contributed by atoms with Crippen LogP contribution in [0.3, 0.4) is 0 Å². The molecule has 10 heavy (non-hydrogen) atoms. The molecule has 1 aliphatic rings. The Kier molecular flexibility index (Phi) is 6.82. The molecule has 1 N–H and O–H groups in total. The summed E-state index contributed by atoms with van der Waals surface area (Å²) in [5, 5.41) is 9.85. The van der Waals surface area contributed by atoms with Gasteiger partial charge in [0.15, 0.2) is 0 Å². The monoisotopic (exact) mass is 211 g/mol. The summed E-state index contributed by atoms with van der Waals surface area (Å²) < 4.78 is 2.74. The fourth-order valence-corrected chi connectivity index (χ4v) is 1.21. The molecule has 1 fully saturated rings. The summed E-state index contributed by atoms with van der Waals surface area (Å²) in [6.45, 7) is 1.11. The molecule has 0 spiro atoms. The van der Waals surface area contributed by atoms with Crippen LogP contribution in [0, 0.1) is 0 Å². The number of hydrogen-bond acceptors (Lipinski definition) is 4. The number of hydroxylamine groups is 2. The Balaban J connectivity index is 0.000000810. The number of rotatable bonds is 0. The Morgan fingerprint density at radius 3 is 1.70 bits per heavy atom. The third-order valence-electron chi connectivity index (χ3n) is 0.940.